The number of carbonyl (C=O) groups excluding carboxylic acids is 1. The third-order valence-electron chi connectivity index (χ3n) is 3.90. The molecule has 0 heterocycles. The molecule has 2 rings (SSSR count). The maximum Gasteiger partial charge on any atom is 0.417 e. The summed E-state index contributed by atoms with van der Waals surface area (Å²) in [5, 5.41) is 8.90. The number of carboxylic acid groups (broad SMARTS) is 1. The van der Waals surface area contributed by atoms with Crippen LogP contribution in [0.3, 0.4) is 0 Å². The number of alkyl halides is 3. The molecule has 0 bridgehead atoms. The number of rotatable bonds is 4. The van der Waals surface area contributed by atoms with Crippen LogP contribution in [0.15, 0.2) is 24.3 Å². The molecule has 3 nitrogen and oxygen atoms in total. The third-order valence-corrected chi connectivity index (χ3v) is 3.90. The van der Waals surface area contributed by atoms with Crippen molar-refractivity contribution in [2.45, 2.75) is 31.9 Å². The van der Waals surface area contributed by atoms with Gasteiger partial charge in [0.1, 0.15) is 0 Å². The van der Waals surface area contributed by atoms with Gasteiger partial charge in [-0.1, -0.05) is 18.2 Å². The van der Waals surface area contributed by atoms with E-state index in [9.17, 15) is 22.8 Å². The quantitative estimate of drug-likeness (QED) is 0.861. The Morgan fingerprint density at radius 3 is 2.43 bits per heavy atom. The van der Waals surface area contributed by atoms with Crippen LogP contribution in [0.2, 0.25) is 0 Å². The van der Waals surface area contributed by atoms with E-state index in [1.807, 2.05) is 0 Å². The highest BCUT2D eigenvalue weighted by Gasteiger charge is 2.36. The van der Waals surface area contributed by atoms with E-state index >= 15 is 0 Å². The van der Waals surface area contributed by atoms with Gasteiger partial charge < -0.3 is 5.11 Å². The first kappa shape index (κ1) is 15.5. The Hall–Kier alpha value is -1.85. The number of carboxylic acids is 1. The second-order valence-electron chi connectivity index (χ2n) is 5.38. The zero-order valence-corrected chi connectivity index (χ0v) is 11.2. The molecule has 1 aliphatic rings. The Morgan fingerprint density at radius 2 is 1.86 bits per heavy atom. The van der Waals surface area contributed by atoms with E-state index in [1.54, 1.807) is 0 Å². The summed E-state index contributed by atoms with van der Waals surface area (Å²) < 4.78 is 38.6. The van der Waals surface area contributed by atoms with Crippen LogP contribution in [0.25, 0.3) is 0 Å². The maximum absolute atomic E-state index is 12.9. The smallest absolute Gasteiger partial charge is 0.417 e. The Labute approximate surface area is 119 Å². The molecule has 2 atom stereocenters. The van der Waals surface area contributed by atoms with Gasteiger partial charge in [-0.25, -0.2) is 0 Å². The summed E-state index contributed by atoms with van der Waals surface area (Å²) in [4.78, 5) is 23.0. The number of hydrogen-bond acceptors (Lipinski definition) is 2. The van der Waals surface area contributed by atoms with E-state index < -0.39 is 29.4 Å². The van der Waals surface area contributed by atoms with Crippen molar-refractivity contribution in [3.8, 4) is 0 Å². The van der Waals surface area contributed by atoms with Gasteiger partial charge in [-0.3, -0.25) is 9.59 Å². The lowest BCUT2D eigenvalue weighted by molar-refractivity contribution is -0.141. The van der Waals surface area contributed by atoms with E-state index in [0.29, 0.717) is 19.3 Å². The monoisotopic (exact) mass is 300 g/mol. The molecule has 1 aromatic rings. The Morgan fingerprint density at radius 1 is 1.19 bits per heavy atom. The van der Waals surface area contributed by atoms with Crippen molar-refractivity contribution in [2.75, 3.05) is 0 Å². The molecule has 0 aromatic heterocycles. The minimum absolute atomic E-state index is 0.0309. The van der Waals surface area contributed by atoms with E-state index in [-0.39, 0.29) is 17.9 Å². The van der Waals surface area contributed by atoms with Gasteiger partial charge >= 0.3 is 12.1 Å². The lowest BCUT2D eigenvalue weighted by Crippen LogP contribution is -2.15. The fourth-order valence-electron chi connectivity index (χ4n) is 2.83. The zero-order chi connectivity index (χ0) is 15.6. The highest BCUT2D eigenvalue weighted by Crippen LogP contribution is 2.36. The van der Waals surface area contributed by atoms with Crippen LogP contribution in [0.5, 0.6) is 0 Å². The molecule has 0 saturated heterocycles. The number of Topliss-reactive ketones (excluding diaryl/α,β-unsaturated/α-hetero) is 1. The van der Waals surface area contributed by atoms with Crippen molar-refractivity contribution in [1.82, 2.24) is 0 Å². The maximum atomic E-state index is 12.9. The zero-order valence-electron chi connectivity index (χ0n) is 11.2. The van der Waals surface area contributed by atoms with E-state index in [0.717, 1.165) is 6.07 Å². The fourth-order valence-corrected chi connectivity index (χ4v) is 2.83. The molecule has 2 unspecified atom stereocenters. The molecule has 1 aromatic carbocycles. The standard InChI is InChI=1S/C15H15F3O3/c16-15(17,18)12-4-2-1-3-11(12)13(19)8-9-5-6-10(7-9)14(20)21/h1-4,9-10H,5-8H2,(H,20,21). The average Bonchev–Trinajstić information content (AvgIpc) is 2.86. The van der Waals surface area contributed by atoms with Crippen LogP contribution in [0.4, 0.5) is 13.2 Å². The van der Waals surface area contributed by atoms with Crippen LogP contribution in [-0.4, -0.2) is 16.9 Å². The van der Waals surface area contributed by atoms with E-state index in [2.05, 4.69) is 0 Å². The van der Waals surface area contributed by atoms with Crippen molar-refractivity contribution in [3.05, 3.63) is 35.4 Å². The van der Waals surface area contributed by atoms with Crippen molar-refractivity contribution in [2.24, 2.45) is 11.8 Å². The van der Waals surface area contributed by atoms with Crippen LogP contribution in [0, 0.1) is 11.8 Å². The molecule has 6 heteroatoms. The first-order valence-electron chi connectivity index (χ1n) is 6.71. The average molecular weight is 300 g/mol. The van der Waals surface area contributed by atoms with Crippen molar-refractivity contribution < 1.29 is 27.9 Å². The predicted molar refractivity (Wildman–Crippen MR) is 68.9 cm³/mol. The molecule has 1 saturated carbocycles. The summed E-state index contributed by atoms with van der Waals surface area (Å²) in [6.45, 7) is 0. The summed E-state index contributed by atoms with van der Waals surface area (Å²) in [5.41, 5.74) is -1.26. The van der Waals surface area contributed by atoms with Gasteiger partial charge in [-0.2, -0.15) is 13.2 Å². The van der Waals surface area contributed by atoms with Gasteiger partial charge in [-0.15, -0.1) is 0 Å². The summed E-state index contributed by atoms with van der Waals surface area (Å²) in [5.74, 6) is -2.11. The summed E-state index contributed by atoms with van der Waals surface area (Å²) in [7, 11) is 0. The number of carbonyl (C=O) groups is 2. The molecule has 1 aliphatic carbocycles. The minimum Gasteiger partial charge on any atom is -0.481 e. The molecule has 0 radical (unpaired) electrons. The lowest BCUT2D eigenvalue weighted by Gasteiger charge is -2.13. The van der Waals surface area contributed by atoms with Crippen LogP contribution >= 0.6 is 0 Å². The third kappa shape index (κ3) is 3.62. The van der Waals surface area contributed by atoms with Crippen molar-refractivity contribution in [1.29, 1.82) is 0 Å². The van der Waals surface area contributed by atoms with Crippen molar-refractivity contribution in [3.63, 3.8) is 0 Å². The number of ketones is 1. The largest absolute Gasteiger partial charge is 0.481 e. The van der Waals surface area contributed by atoms with Crippen molar-refractivity contribution >= 4 is 11.8 Å². The summed E-state index contributed by atoms with van der Waals surface area (Å²) in [6, 6.07) is 4.71. The van der Waals surface area contributed by atoms with Gasteiger partial charge in [0.15, 0.2) is 5.78 Å². The molecule has 1 fully saturated rings. The SMILES string of the molecule is O=C(CC1CCC(C(=O)O)C1)c1ccccc1C(F)(F)F. The molecule has 0 aliphatic heterocycles. The summed E-state index contributed by atoms with van der Waals surface area (Å²) in [6.07, 6.45) is -3.19. The number of benzene rings is 1. The van der Waals surface area contributed by atoms with Gasteiger partial charge in [0.2, 0.25) is 0 Å². The molecular formula is C15H15F3O3. The lowest BCUT2D eigenvalue weighted by atomic mass is 9.93. The molecule has 0 spiro atoms. The van der Waals surface area contributed by atoms with E-state index in [4.69, 9.17) is 5.11 Å². The fraction of sp³-hybridized carbons (Fsp3) is 0.467. The Balaban J connectivity index is 2.10. The Kier molecular flexibility index (Phi) is 4.34. The van der Waals surface area contributed by atoms with Crippen LogP contribution in [0.1, 0.15) is 41.6 Å². The summed E-state index contributed by atoms with van der Waals surface area (Å²) >= 11 is 0. The number of halogens is 3. The topological polar surface area (TPSA) is 54.4 Å². The van der Waals surface area contributed by atoms with Gasteiger partial charge in [0.25, 0.3) is 0 Å². The normalized spacial score (nSPS) is 22.2. The second-order valence-corrected chi connectivity index (χ2v) is 5.38. The number of hydrogen-bond donors (Lipinski definition) is 1. The number of aliphatic carboxylic acids is 1. The highest BCUT2D eigenvalue weighted by atomic mass is 19.4. The predicted octanol–water partition coefficient (Wildman–Crippen LogP) is 3.78. The van der Waals surface area contributed by atoms with Gasteiger partial charge in [0.05, 0.1) is 11.5 Å². The molecule has 114 valence electrons. The first-order valence-corrected chi connectivity index (χ1v) is 6.71. The Bertz CT molecular complexity index is 551. The molecular weight excluding hydrogens is 285 g/mol. The molecule has 1 N–H and O–H groups in total. The molecule has 0 amide bonds. The highest BCUT2D eigenvalue weighted by molar-refractivity contribution is 5.97. The van der Waals surface area contributed by atoms with Gasteiger partial charge in [-0.05, 0) is 31.2 Å². The second kappa shape index (κ2) is 5.87. The van der Waals surface area contributed by atoms with E-state index in [1.165, 1.54) is 18.2 Å². The first-order chi connectivity index (χ1) is 9.79. The minimum atomic E-state index is -4.56. The van der Waals surface area contributed by atoms with Crippen LogP contribution in [-0.2, 0) is 11.0 Å². The van der Waals surface area contributed by atoms with Gasteiger partial charge in [0, 0.05) is 12.0 Å². The van der Waals surface area contributed by atoms with Crippen LogP contribution < -0.4 is 0 Å². The molecule has 21 heavy (non-hydrogen) atoms.